The van der Waals surface area contributed by atoms with Gasteiger partial charge in [-0.05, 0) is 5.56 Å². The van der Waals surface area contributed by atoms with Gasteiger partial charge in [-0.25, -0.2) is 4.98 Å². The molecule has 0 aliphatic carbocycles. The highest BCUT2D eigenvalue weighted by Gasteiger charge is 2.13. The Morgan fingerprint density at radius 3 is 2.44 bits per heavy atom. The largest absolute Gasteiger partial charge is 0.349 e. The van der Waals surface area contributed by atoms with Crippen LogP contribution in [0.25, 0.3) is 11.3 Å². The first kappa shape index (κ1) is 10.9. The third-order valence-corrected chi connectivity index (χ3v) is 2.33. The van der Waals surface area contributed by atoms with Gasteiger partial charge in [0.05, 0.1) is 11.9 Å². The molecule has 1 aromatic carbocycles. The number of hydrogen-bond donors (Lipinski definition) is 1. The topological polar surface area (TPSA) is 47.1 Å². The predicted octanol–water partition coefficient (Wildman–Crippen LogP) is 2.37. The summed E-state index contributed by atoms with van der Waals surface area (Å²) in [5.74, 6) is 0.670. The van der Waals surface area contributed by atoms with Gasteiger partial charge >= 0.3 is 0 Å². The highest BCUT2D eigenvalue weighted by atomic mass is 16.7. The zero-order chi connectivity index (χ0) is 11.4. The fourth-order valence-electron chi connectivity index (χ4n) is 1.54. The van der Waals surface area contributed by atoms with Gasteiger partial charge in [0.2, 0.25) is 6.29 Å². The Labute approximate surface area is 94.2 Å². The van der Waals surface area contributed by atoms with Crippen LogP contribution in [0.5, 0.6) is 0 Å². The lowest BCUT2D eigenvalue weighted by molar-refractivity contribution is -0.111. The summed E-state index contributed by atoms with van der Waals surface area (Å²) >= 11 is 0. The van der Waals surface area contributed by atoms with Crippen LogP contribution >= 0.6 is 0 Å². The van der Waals surface area contributed by atoms with Gasteiger partial charge in [-0.3, -0.25) is 0 Å². The summed E-state index contributed by atoms with van der Waals surface area (Å²) in [7, 11) is 3.16. The van der Waals surface area contributed by atoms with E-state index in [-0.39, 0.29) is 0 Å². The summed E-state index contributed by atoms with van der Waals surface area (Å²) in [4.78, 5) is 7.40. The molecule has 0 aliphatic rings. The molecule has 1 aromatic heterocycles. The molecule has 0 saturated heterocycles. The average Bonchev–Trinajstić information content (AvgIpc) is 2.81. The number of aromatic nitrogens is 2. The van der Waals surface area contributed by atoms with Gasteiger partial charge < -0.3 is 14.5 Å². The van der Waals surface area contributed by atoms with Gasteiger partial charge in [-0.2, -0.15) is 0 Å². The van der Waals surface area contributed by atoms with Crippen LogP contribution in [0.4, 0.5) is 0 Å². The minimum Gasteiger partial charge on any atom is -0.349 e. The van der Waals surface area contributed by atoms with Crippen molar-refractivity contribution in [1.29, 1.82) is 0 Å². The van der Waals surface area contributed by atoms with Crippen molar-refractivity contribution in [3.8, 4) is 11.3 Å². The van der Waals surface area contributed by atoms with Crippen LogP contribution in [0, 0.1) is 0 Å². The second-order valence-electron chi connectivity index (χ2n) is 3.35. The van der Waals surface area contributed by atoms with E-state index in [4.69, 9.17) is 9.47 Å². The number of nitrogens with zero attached hydrogens (tertiary/aromatic N) is 1. The van der Waals surface area contributed by atoms with Crippen LogP contribution in [0.3, 0.4) is 0 Å². The highest BCUT2D eigenvalue weighted by Crippen LogP contribution is 2.20. The van der Waals surface area contributed by atoms with Gasteiger partial charge in [-0.1, -0.05) is 30.3 Å². The van der Waals surface area contributed by atoms with E-state index in [0.29, 0.717) is 5.82 Å². The molecule has 2 aromatic rings. The Morgan fingerprint density at radius 2 is 1.81 bits per heavy atom. The van der Waals surface area contributed by atoms with Crippen LogP contribution in [-0.2, 0) is 9.47 Å². The molecule has 0 aliphatic heterocycles. The van der Waals surface area contributed by atoms with E-state index in [1.165, 1.54) is 0 Å². The molecular formula is C12H14N2O2. The lowest BCUT2D eigenvalue weighted by atomic mass is 10.2. The summed E-state index contributed by atoms with van der Waals surface area (Å²) in [6.07, 6.45) is 1.33. The molecule has 84 valence electrons. The number of aromatic amines is 1. The van der Waals surface area contributed by atoms with Crippen LogP contribution in [-0.4, -0.2) is 24.2 Å². The van der Waals surface area contributed by atoms with E-state index in [1.807, 2.05) is 30.3 Å². The number of ether oxygens (including phenoxy) is 2. The van der Waals surface area contributed by atoms with Crippen molar-refractivity contribution in [3.05, 3.63) is 42.4 Å². The molecular weight excluding hydrogens is 204 g/mol. The van der Waals surface area contributed by atoms with Crippen molar-refractivity contribution in [2.75, 3.05) is 14.2 Å². The number of rotatable bonds is 4. The fraction of sp³-hybridized carbons (Fsp3) is 0.250. The molecule has 4 heteroatoms. The molecule has 2 rings (SSSR count). The Bertz CT molecular complexity index is 435. The summed E-state index contributed by atoms with van der Waals surface area (Å²) in [6, 6.07) is 9.99. The minimum atomic E-state index is -0.447. The maximum absolute atomic E-state index is 5.12. The quantitative estimate of drug-likeness (QED) is 0.801. The maximum atomic E-state index is 5.12. The number of H-pyrrole nitrogens is 1. The molecule has 0 radical (unpaired) electrons. The second-order valence-corrected chi connectivity index (χ2v) is 3.35. The zero-order valence-electron chi connectivity index (χ0n) is 9.31. The second kappa shape index (κ2) is 4.92. The van der Waals surface area contributed by atoms with Crippen molar-refractivity contribution in [1.82, 2.24) is 9.97 Å². The van der Waals surface area contributed by atoms with Crippen molar-refractivity contribution >= 4 is 0 Å². The summed E-state index contributed by atoms with van der Waals surface area (Å²) in [5, 5.41) is 0. The summed E-state index contributed by atoms with van der Waals surface area (Å²) in [6.45, 7) is 0. The normalized spacial score (nSPS) is 10.9. The van der Waals surface area contributed by atoms with Crippen LogP contribution in [0.1, 0.15) is 12.1 Å². The average molecular weight is 218 g/mol. The minimum absolute atomic E-state index is 0.447. The number of nitrogens with one attached hydrogen (secondary N) is 1. The molecule has 16 heavy (non-hydrogen) atoms. The Balaban J connectivity index is 2.26. The van der Waals surface area contributed by atoms with Crippen molar-refractivity contribution in [2.24, 2.45) is 0 Å². The molecule has 1 N–H and O–H groups in total. The highest BCUT2D eigenvalue weighted by molar-refractivity contribution is 5.57. The van der Waals surface area contributed by atoms with E-state index in [0.717, 1.165) is 11.3 Å². The monoisotopic (exact) mass is 218 g/mol. The molecule has 0 fully saturated rings. The molecule has 0 atom stereocenters. The van der Waals surface area contributed by atoms with E-state index < -0.39 is 6.29 Å². The van der Waals surface area contributed by atoms with E-state index >= 15 is 0 Å². The van der Waals surface area contributed by atoms with E-state index in [2.05, 4.69) is 9.97 Å². The standard InChI is InChI=1S/C12H14N2O2/c1-15-12(16-2)11-13-8-10(14-11)9-6-4-3-5-7-9/h3-8,12H,1-2H3,(H,13,14). The predicted molar refractivity (Wildman–Crippen MR) is 60.8 cm³/mol. The Morgan fingerprint density at radius 1 is 1.12 bits per heavy atom. The molecule has 0 unspecified atom stereocenters. The Hall–Kier alpha value is -1.65. The summed E-state index contributed by atoms with van der Waals surface area (Å²) < 4.78 is 10.2. The van der Waals surface area contributed by atoms with Gasteiger partial charge in [0, 0.05) is 14.2 Å². The molecule has 0 amide bonds. The number of methoxy groups -OCH3 is 2. The van der Waals surface area contributed by atoms with Gasteiger partial charge in [0.15, 0.2) is 5.82 Å². The van der Waals surface area contributed by atoms with Crippen molar-refractivity contribution in [2.45, 2.75) is 6.29 Å². The molecule has 0 spiro atoms. The molecule has 4 nitrogen and oxygen atoms in total. The van der Waals surface area contributed by atoms with Crippen LogP contribution < -0.4 is 0 Å². The van der Waals surface area contributed by atoms with Crippen LogP contribution in [0.2, 0.25) is 0 Å². The number of hydrogen-bond acceptors (Lipinski definition) is 3. The van der Waals surface area contributed by atoms with Gasteiger partial charge in [0.1, 0.15) is 0 Å². The Kier molecular flexibility index (Phi) is 3.34. The lowest BCUT2D eigenvalue weighted by Gasteiger charge is -2.09. The van der Waals surface area contributed by atoms with Gasteiger partial charge in [-0.15, -0.1) is 0 Å². The third-order valence-electron chi connectivity index (χ3n) is 2.33. The fourth-order valence-corrected chi connectivity index (χ4v) is 1.54. The smallest absolute Gasteiger partial charge is 0.216 e. The van der Waals surface area contributed by atoms with E-state index in [9.17, 15) is 0 Å². The number of imidazole rings is 1. The van der Waals surface area contributed by atoms with Crippen molar-refractivity contribution in [3.63, 3.8) is 0 Å². The summed E-state index contributed by atoms with van der Waals surface area (Å²) in [5.41, 5.74) is 2.04. The molecule has 0 saturated carbocycles. The van der Waals surface area contributed by atoms with Crippen molar-refractivity contribution < 1.29 is 9.47 Å². The first-order valence-electron chi connectivity index (χ1n) is 5.01. The molecule has 1 heterocycles. The lowest BCUT2D eigenvalue weighted by Crippen LogP contribution is -2.05. The van der Waals surface area contributed by atoms with Crippen LogP contribution in [0.15, 0.2) is 36.5 Å². The third kappa shape index (κ3) is 2.13. The molecule has 0 bridgehead atoms. The van der Waals surface area contributed by atoms with E-state index in [1.54, 1.807) is 20.4 Å². The first-order valence-corrected chi connectivity index (χ1v) is 5.01. The maximum Gasteiger partial charge on any atom is 0.216 e. The SMILES string of the molecule is COC(OC)c1ncc(-c2ccccc2)[nH]1. The first-order chi connectivity index (χ1) is 7.85. The van der Waals surface area contributed by atoms with Gasteiger partial charge in [0.25, 0.3) is 0 Å². The zero-order valence-corrected chi connectivity index (χ0v) is 9.31. The number of benzene rings is 1.